The quantitative estimate of drug-likeness (QED) is 0.00763. The van der Waals surface area contributed by atoms with E-state index >= 15 is 0 Å². The summed E-state index contributed by atoms with van der Waals surface area (Å²) >= 11 is 0. The molecule has 0 unspecified atom stereocenters. The van der Waals surface area contributed by atoms with Gasteiger partial charge in [-0.3, -0.25) is 18.9 Å². The molecule has 0 aliphatic carbocycles. The Morgan fingerprint density at radius 1 is 0.500 bits per heavy atom. The lowest BCUT2D eigenvalue weighted by Crippen LogP contribution is -2.10. The fourth-order valence-electron chi connectivity index (χ4n) is 6.56. The molecule has 0 spiro atoms. The lowest BCUT2D eigenvalue weighted by Gasteiger charge is -2.17. The molecule has 0 aliphatic rings. The molecule has 0 aromatic heterocycles. The Labute approximate surface area is 554 Å². The zero-order valence-electron chi connectivity index (χ0n) is 54.8. The number of nitrogens with one attached hydrogen (secondary N) is 1. The second-order valence-electron chi connectivity index (χ2n) is 18.3. The van der Waals surface area contributed by atoms with Gasteiger partial charge in [-0.25, -0.2) is 24.0 Å². The number of carboxylic acids is 2. The summed E-state index contributed by atoms with van der Waals surface area (Å²) < 4.78 is 52.0. The Morgan fingerprint density at radius 3 is 1.13 bits per heavy atom. The largest absolute Gasteiger partial charge is 0.478 e. The van der Waals surface area contributed by atoms with E-state index in [1.165, 1.54) is 77.6 Å². The molecule has 5 aromatic carbocycles. The van der Waals surface area contributed by atoms with E-state index in [2.05, 4.69) is 40.7 Å². The van der Waals surface area contributed by atoms with Gasteiger partial charge in [0, 0.05) is 94.5 Å². The number of hydrogen-bond donors (Lipinski definition) is 3. The minimum atomic E-state index is -3.04. The minimum absolute atomic E-state index is 0. The van der Waals surface area contributed by atoms with Crippen LogP contribution in [-0.2, 0) is 74.4 Å². The molecular formula is C73H89N2O18P. The van der Waals surface area contributed by atoms with Crippen LogP contribution in [0, 0.1) is 0 Å². The number of ether oxygens (including phenoxy) is 5. The van der Waals surface area contributed by atoms with Crippen LogP contribution in [0.4, 0.5) is 0 Å². The second-order valence-corrected chi connectivity index (χ2v) is 20.6. The van der Waals surface area contributed by atoms with E-state index in [1.54, 1.807) is 85.0 Å². The summed E-state index contributed by atoms with van der Waals surface area (Å²) in [5, 5.41) is 19.8. The number of aliphatic carboxylic acids is 2. The number of esters is 3. The van der Waals surface area contributed by atoms with Gasteiger partial charge in [0.2, 0.25) is 0 Å². The first-order valence-corrected chi connectivity index (χ1v) is 30.1. The van der Waals surface area contributed by atoms with Gasteiger partial charge in [0.25, 0.3) is 0 Å². The van der Waals surface area contributed by atoms with Gasteiger partial charge in [0.1, 0.15) is 18.9 Å². The molecule has 0 aliphatic heterocycles. The molecule has 5 rings (SSSR count). The number of benzene rings is 5. The van der Waals surface area contributed by atoms with Gasteiger partial charge in [0.15, 0.2) is 6.29 Å². The number of aldehydes is 3. The predicted molar refractivity (Wildman–Crippen MR) is 371 cm³/mol. The number of nitrogens with zero attached hydrogens (tertiary/aromatic N) is 1. The third-order valence-corrected chi connectivity index (χ3v) is 13.0. The molecule has 94 heavy (non-hydrogen) atoms. The highest BCUT2D eigenvalue weighted by molar-refractivity contribution is 7.54. The second kappa shape index (κ2) is 54.8. The van der Waals surface area contributed by atoms with E-state index in [4.69, 9.17) is 21.1 Å². The fourth-order valence-corrected chi connectivity index (χ4v) is 7.37. The van der Waals surface area contributed by atoms with Crippen LogP contribution in [0.25, 0.3) is 24.3 Å². The van der Waals surface area contributed by atoms with E-state index in [1.807, 2.05) is 118 Å². The van der Waals surface area contributed by atoms with Crippen molar-refractivity contribution in [2.24, 2.45) is 0 Å². The Balaban J connectivity index is 0. The summed E-state index contributed by atoms with van der Waals surface area (Å²) in [6.45, 7) is 6.66. The maximum atomic E-state index is 11.4. The zero-order valence-corrected chi connectivity index (χ0v) is 54.7. The minimum Gasteiger partial charge on any atom is -0.478 e. The Bertz CT molecular complexity index is 3320. The van der Waals surface area contributed by atoms with E-state index in [0.29, 0.717) is 29.9 Å². The molecule has 0 fully saturated rings. The van der Waals surface area contributed by atoms with Crippen molar-refractivity contribution in [2.75, 3.05) is 76.0 Å². The third-order valence-electron chi connectivity index (χ3n) is 11.2. The molecule has 0 saturated carbocycles. The number of carbonyl (C=O) groups excluding carboxylic acids is 6. The first-order chi connectivity index (χ1) is 45.2. The van der Waals surface area contributed by atoms with Crippen LogP contribution in [0.1, 0.15) is 99.0 Å². The molecular weight excluding hydrogens is 1220 g/mol. The van der Waals surface area contributed by atoms with Crippen LogP contribution < -0.4 is 5.32 Å². The molecule has 0 saturated heterocycles. The highest BCUT2D eigenvalue weighted by Gasteiger charge is 2.18. The Hall–Kier alpha value is -9.89. The summed E-state index contributed by atoms with van der Waals surface area (Å²) in [6, 6.07) is 37.5. The smallest absolute Gasteiger partial charge is 0.333 e. The highest BCUT2D eigenvalue weighted by Crippen LogP contribution is 2.46. The number of rotatable bonds is 29. The average Bonchev–Trinajstić information content (AvgIpc) is 1.77. The van der Waals surface area contributed by atoms with Crippen molar-refractivity contribution in [3.05, 3.63) is 262 Å². The maximum absolute atomic E-state index is 11.4. The number of carbonyl (C=O) groups is 8. The zero-order chi connectivity index (χ0) is 70.2. The number of allylic oxidation sites excluding steroid dienone is 9. The summed E-state index contributed by atoms with van der Waals surface area (Å²) in [7, 11) is 7.58. The Morgan fingerprint density at radius 2 is 0.819 bits per heavy atom. The SMILES string of the molecule is C.CCOC(OCC)c1ccc(C=O)cc1.CNCc1ccc(/C=C/C=C/C(=O)OC)cc1.COC(=O)/C=C/C=C/c1ccc(C=O)cc1.COC(=O)/C=C/CP(=O)(OC)OC.O=Cc1ccc(/C=C/C=C/C(=O)O)cc1.[2H]CN(C)Cc1ccc(/C=C/C=C/C(=O)O)cc1. The van der Waals surface area contributed by atoms with Crippen LogP contribution in [0.3, 0.4) is 0 Å². The molecule has 5 aromatic rings. The van der Waals surface area contributed by atoms with Gasteiger partial charge in [0.05, 0.1) is 27.5 Å². The Kier molecular flexibility index (Phi) is 49.0. The van der Waals surface area contributed by atoms with Crippen LogP contribution in [0.15, 0.2) is 206 Å². The van der Waals surface area contributed by atoms with Crippen molar-refractivity contribution < 1.29 is 87.2 Å². The van der Waals surface area contributed by atoms with Crippen molar-refractivity contribution in [3.63, 3.8) is 0 Å². The average molecular weight is 1310 g/mol. The van der Waals surface area contributed by atoms with Crippen molar-refractivity contribution in [1.29, 1.82) is 0 Å². The molecule has 0 radical (unpaired) electrons. The van der Waals surface area contributed by atoms with Gasteiger partial charge in [-0.1, -0.05) is 208 Å². The van der Waals surface area contributed by atoms with Gasteiger partial charge < -0.3 is 53.2 Å². The van der Waals surface area contributed by atoms with Crippen molar-refractivity contribution >= 4 is 80.6 Å². The van der Waals surface area contributed by atoms with Crippen LogP contribution in [-0.4, -0.2) is 140 Å². The highest BCUT2D eigenvalue weighted by atomic mass is 31.2. The number of hydrogen-bond acceptors (Lipinski definition) is 18. The molecule has 20 nitrogen and oxygen atoms in total. The summed E-state index contributed by atoms with van der Waals surface area (Å²) in [5.74, 6) is -3.16. The first kappa shape index (κ1) is 84.1. The summed E-state index contributed by atoms with van der Waals surface area (Å²) in [4.78, 5) is 85.6. The van der Waals surface area contributed by atoms with Gasteiger partial charge in [-0.05, 0) is 68.3 Å². The predicted octanol–water partition coefficient (Wildman–Crippen LogP) is 13.4. The molecule has 3 N–H and O–H groups in total. The standard InChI is InChI=1S/2C14H17NO2.C13H12O3.C12H16O3.C12H10O3.C7H13O5P.CH4/c1-15-11-13-9-7-12(8-10-13)5-3-4-6-14(16)17-2;1-15(2)11-13-9-7-12(8-10-13)5-3-4-6-14(16)17;1-16-13(15)5-3-2-4-11-6-8-12(10-14)9-7-11;1-3-14-12(15-4-2)11-7-5-10(9-13)6-8-11;13-9-11-7-5-10(6-8-11)3-1-2-4-12(14)15;1-10-7(8)5-4-6-13(9,11-2)12-3;/h3-10,15H,11H2,1-2H3;3-10H,11H2,1-2H3,(H,16,17);2-10H,1H3;5-9,12H,3-4H2,1-2H3;1-9H,(H,14,15);4-5H,6H2,1-3H3;1H4/b2*5-3+,6-4+;4-2+,5-3+;;3-1+,4-2+;5-4+;/i;1D;;;;;. The van der Waals surface area contributed by atoms with Crippen LogP contribution in [0.2, 0.25) is 0 Å². The van der Waals surface area contributed by atoms with Crippen molar-refractivity contribution in [3.8, 4) is 0 Å². The molecule has 0 atom stereocenters. The number of carboxylic acid groups (broad SMARTS) is 2. The van der Waals surface area contributed by atoms with Gasteiger partial charge in [-0.2, -0.15) is 0 Å². The van der Waals surface area contributed by atoms with E-state index in [0.717, 1.165) is 77.5 Å². The molecule has 504 valence electrons. The van der Waals surface area contributed by atoms with E-state index in [-0.39, 0.29) is 38.8 Å². The third kappa shape index (κ3) is 44.6. The van der Waals surface area contributed by atoms with E-state index < -0.39 is 25.5 Å². The number of methoxy groups -OCH3 is 3. The molecule has 0 amide bonds. The monoisotopic (exact) mass is 1310 g/mol. The van der Waals surface area contributed by atoms with Gasteiger partial charge >= 0.3 is 37.4 Å². The fraction of sp³-hybridized carbons (Fsp3) is 0.233. The summed E-state index contributed by atoms with van der Waals surface area (Å²) in [5.41, 5.74) is 9.24. The lowest BCUT2D eigenvalue weighted by molar-refractivity contribution is -0.140. The maximum Gasteiger partial charge on any atom is 0.333 e. The molecule has 0 heterocycles. The van der Waals surface area contributed by atoms with Crippen molar-refractivity contribution in [1.82, 2.24) is 10.2 Å². The summed E-state index contributed by atoms with van der Waals surface area (Å²) in [6.07, 6.45) is 29.9. The molecule has 0 bridgehead atoms. The topological polar surface area (TPSA) is 274 Å². The van der Waals surface area contributed by atoms with Gasteiger partial charge in [-0.15, -0.1) is 0 Å². The van der Waals surface area contributed by atoms with Crippen LogP contribution in [0.5, 0.6) is 0 Å². The van der Waals surface area contributed by atoms with Crippen molar-refractivity contribution in [2.45, 2.75) is 40.7 Å². The first-order valence-electron chi connectivity index (χ1n) is 29.1. The van der Waals surface area contributed by atoms with E-state index in [9.17, 15) is 42.9 Å². The lowest BCUT2D eigenvalue weighted by atomic mass is 10.1. The normalized spacial score (nSPS) is 11.2. The molecule has 21 heteroatoms. The van der Waals surface area contributed by atoms with Crippen LogP contribution >= 0.6 is 7.60 Å².